The summed E-state index contributed by atoms with van der Waals surface area (Å²) in [7, 11) is -3.11. The van der Waals surface area contributed by atoms with Crippen LogP contribution in [0.25, 0.3) is 0 Å². The van der Waals surface area contributed by atoms with E-state index in [1.165, 1.54) is 0 Å². The largest absolute Gasteiger partial charge is 0.316 e. The molecule has 0 aromatic carbocycles. The van der Waals surface area contributed by atoms with Gasteiger partial charge in [-0.3, -0.25) is 0 Å². The molecule has 0 saturated heterocycles. The van der Waals surface area contributed by atoms with Crippen molar-refractivity contribution in [2.45, 2.75) is 32.4 Å². The minimum absolute atomic E-state index is 0.362. The van der Waals surface area contributed by atoms with Gasteiger partial charge in [0.25, 0.3) is 0 Å². The maximum absolute atomic E-state index is 11.4. The molecule has 0 heterocycles. The van der Waals surface area contributed by atoms with E-state index in [0.29, 0.717) is 13.1 Å². The fraction of sp³-hybridized carbons (Fsp3) is 1.00. The molecule has 0 aromatic heterocycles. The first-order valence-electron chi connectivity index (χ1n) is 4.73. The van der Waals surface area contributed by atoms with Gasteiger partial charge in [-0.15, -0.1) is 0 Å². The third-order valence-electron chi connectivity index (χ3n) is 1.76. The summed E-state index contributed by atoms with van der Waals surface area (Å²) in [5, 5.41) is 2.65. The van der Waals surface area contributed by atoms with E-state index in [9.17, 15) is 8.42 Å². The quantitative estimate of drug-likeness (QED) is 0.633. The van der Waals surface area contributed by atoms with Gasteiger partial charge in [-0.05, 0) is 19.9 Å². The summed E-state index contributed by atoms with van der Waals surface area (Å²) in [6, 6.07) is 0. The van der Waals surface area contributed by atoms with Gasteiger partial charge in [0.1, 0.15) is 0 Å². The smallest absolute Gasteiger partial charge is 0.215 e. The Kier molecular flexibility index (Phi) is 6.28. The molecule has 0 amide bonds. The summed E-state index contributed by atoms with van der Waals surface area (Å²) in [6.07, 6.45) is 0.827. The SMILES string of the molecule is CCCNS(=O)(=O)C(C)CNCC. The molecule has 0 aromatic rings. The zero-order valence-corrected chi connectivity index (χ0v) is 9.45. The topological polar surface area (TPSA) is 58.2 Å². The van der Waals surface area contributed by atoms with E-state index in [1.807, 2.05) is 13.8 Å². The number of hydrogen-bond donors (Lipinski definition) is 2. The first-order chi connectivity index (χ1) is 6.04. The van der Waals surface area contributed by atoms with Gasteiger partial charge in [-0.25, -0.2) is 13.1 Å². The van der Waals surface area contributed by atoms with Crippen molar-refractivity contribution in [2.24, 2.45) is 0 Å². The maximum Gasteiger partial charge on any atom is 0.215 e. The summed E-state index contributed by atoms with van der Waals surface area (Å²) in [4.78, 5) is 0. The second kappa shape index (κ2) is 6.34. The van der Waals surface area contributed by atoms with Crippen LogP contribution in [0, 0.1) is 0 Å². The number of rotatable bonds is 7. The fourth-order valence-corrected chi connectivity index (χ4v) is 1.95. The van der Waals surface area contributed by atoms with Crippen molar-refractivity contribution >= 4 is 10.0 Å². The van der Waals surface area contributed by atoms with E-state index in [4.69, 9.17) is 0 Å². The van der Waals surface area contributed by atoms with Gasteiger partial charge in [0.15, 0.2) is 0 Å². The first-order valence-corrected chi connectivity index (χ1v) is 6.28. The van der Waals surface area contributed by atoms with E-state index in [2.05, 4.69) is 10.0 Å². The molecule has 0 spiro atoms. The van der Waals surface area contributed by atoms with Gasteiger partial charge in [-0.2, -0.15) is 0 Å². The fourth-order valence-electron chi connectivity index (χ4n) is 0.844. The molecule has 0 aliphatic carbocycles. The zero-order valence-electron chi connectivity index (χ0n) is 8.63. The predicted octanol–water partition coefficient (Wildman–Crippen LogP) is 0.314. The van der Waals surface area contributed by atoms with Crippen molar-refractivity contribution in [3.63, 3.8) is 0 Å². The van der Waals surface area contributed by atoms with Crippen LogP contribution in [0.1, 0.15) is 27.2 Å². The van der Waals surface area contributed by atoms with Gasteiger partial charge in [0, 0.05) is 13.1 Å². The third kappa shape index (κ3) is 5.23. The van der Waals surface area contributed by atoms with Gasteiger partial charge in [0.05, 0.1) is 5.25 Å². The molecule has 2 N–H and O–H groups in total. The maximum atomic E-state index is 11.4. The lowest BCUT2D eigenvalue weighted by molar-refractivity contribution is 0.559. The van der Waals surface area contributed by atoms with Crippen LogP contribution >= 0.6 is 0 Å². The Morgan fingerprint density at radius 1 is 1.31 bits per heavy atom. The average molecular weight is 208 g/mol. The van der Waals surface area contributed by atoms with E-state index in [1.54, 1.807) is 6.92 Å². The molecular weight excluding hydrogens is 188 g/mol. The second-order valence-corrected chi connectivity index (χ2v) is 5.24. The van der Waals surface area contributed by atoms with E-state index in [-0.39, 0.29) is 5.25 Å². The molecule has 0 fully saturated rings. The van der Waals surface area contributed by atoms with Crippen LogP contribution in [0.15, 0.2) is 0 Å². The van der Waals surface area contributed by atoms with Gasteiger partial charge in [0.2, 0.25) is 10.0 Å². The molecule has 0 saturated carbocycles. The minimum Gasteiger partial charge on any atom is -0.316 e. The lowest BCUT2D eigenvalue weighted by atomic mass is 10.5. The van der Waals surface area contributed by atoms with Crippen molar-refractivity contribution in [2.75, 3.05) is 19.6 Å². The minimum atomic E-state index is -3.11. The summed E-state index contributed by atoms with van der Waals surface area (Å²) >= 11 is 0. The van der Waals surface area contributed by atoms with Crippen LogP contribution in [0.5, 0.6) is 0 Å². The first kappa shape index (κ1) is 12.9. The van der Waals surface area contributed by atoms with E-state index >= 15 is 0 Å². The molecular formula is C8H20N2O2S. The van der Waals surface area contributed by atoms with Gasteiger partial charge in [-0.1, -0.05) is 13.8 Å². The van der Waals surface area contributed by atoms with E-state index < -0.39 is 10.0 Å². The molecule has 4 nitrogen and oxygen atoms in total. The molecule has 5 heteroatoms. The summed E-state index contributed by atoms with van der Waals surface area (Å²) < 4.78 is 25.4. The monoisotopic (exact) mass is 208 g/mol. The Morgan fingerprint density at radius 2 is 1.92 bits per heavy atom. The molecule has 0 bridgehead atoms. The van der Waals surface area contributed by atoms with Crippen molar-refractivity contribution in [3.05, 3.63) is 0 Å². The summed E-state index contributed by atoms with van der Waals surface area (Å²) in [5.74, 6) is 0. The molecule has 1 unspecified atom stereocenters. The average Bonchev–Trinajstić information content (AvgIpc) is 2.10. The van der Waals surface area contributed by atoms with Crippen LogP contribution in [0.3, 0.4) is 0 Å². The Bertz CT molecular complexity index is 214. The van der Waals surface area contributed by atoms with Crippen molar-refractivity contribution in [1.82, 2.24) is 10.0 Å². The molecule has 1 atom stereocenters. The van der Waals surface area contributed by atoms with Crippen LogP contribution in [0.2, 0.25) is 0 Å². The Labute approximate surface area is 81.2 Å². The molecule has 0 radical (unpaired) electrons. The second-order valence-electron chi connectivity index (χ2n) is 3.06. The highest BCUT2D eigenvalue weighted by Crippen LogP contribution is 1.96. The standard InChI is InChI=1S/C8H20N2O2S/c1-4-6-10-13(11,12)8(3)7-9-5-2/h8-10H,4-7H2,1-3H3. The number of nitrogens with one attached hydrogen (secondary N) is 2. The molecule has 0 aliphatic rings. The highest BCUT2D eigenvalue weighted by atomic mass is 32.2. The Hall–Kier alpha value is -0.130. The molecule has 80 valence electrons. The zero-order chi connectivity index (χ0) is 10.3. The van der Waals surface area contributed by atoms with Crippen LogP contribution in [0.4, 0.5) is 0 Å². The summed E-state index contributed by atoms with van der Waals surface area (Å²) in [5.41, 5.74) is 0. The highest BCUT2D eigenvalue weighted by Gasteiger charge is 2.18. The van der Waals surface area contributed by atoms with Crippen molar-refractivity contribution in [3.8, 4) is 0 Å². The molecule has 13 heavy (non-hydrogen) atoms. The lowest BCUT2D eigenvalue weighted by Crippen LogP contribution is -2.39. The van der Waals surface area contributed by atoms with E-state index in [0.717, 1.165) is 13.0 Å². The molecule has 0 aliphatic heterocycles. The number of sulfonamides is 1. The normalized spacial score (nSPS) is 14.4. The van der Waals surface area contributed by atoms with Gasteiger partial charge >= 0.3 is 0 Å². The summed E-state index contributed by atoms with van der Waals surface area (Å²) in [6.45, 7) is 7.44. The Balaban J connectivity index is 3.96. The lowest BCUT2D eigenvalue weighted by Gasteiger charge is -2.13. The van der Waals surface area contributed by atoms with Crippen LogP contribution in [-0.4, -0.2) is 33.3 Å². The van der Waals surface area contributed by atoms with Crippen molar-refractivity contribution in [1.29, 1.82) is 0 Å². The van der Waals surface area contributed by atoms with Crippen LogP contribution < -0.4 is 10.0 Å². The van der Waals surface area contributed by atoms with Crippen molar-refractivity contribution < 1.29 is 8.42 Å². The highest BCUT2D eigenvalue weighted by molar-refractivity contribution is 7.90. The number of hydrogen-bond acceptors (Lipinski definition) is 3. The Morgan fingerprint density at radius 3 is 2.38 bits per heavy atom. The van der Waals surface area contributed by atoms with Gasteiger partial charge < -0.3 is 5.32 Å². The predicted molar refractivity (Wildman–Crippen MR) is 55.2 cm³/mol. The van der Waals surface area contributed by atoms with Crippen LogP contribution in [-0.2, 0) is 10.0 Å². The third-order valence-corrected chi connectivity index (χ3v) is 3.60. The molecule has 0 rings (SSSR count).